The summed E-state index contributed by atoms with van der Waals surface area (Å²) < 4.78 is 35.2. The molecule has 1 unspecified atom stereocenters. The van der Waals surface area contributed by atoms with Gasteiger partial charge in [-0.15, -0.1) is 0 Å². The number of ether oxygens (including phenoxy) is 2. The van der Waals surface area contributed by atoms with E-state index in [-0.39, 0.29) is 17.4 Å². The van der Waals surface area contributed by atoms with Gasteiger partial charge in [-0.25, -0.2) is 13.4 Å². The standard InChI is InChI=1S/C23H26N4O5S/c1-4-10-31-17-6-7-19(26-13-17)21(28)27-16-5-8-20-18(12-16)15(9-11-32-20)14-33(29,30)23(2,3)22(24)25/h5-8,12-13,15H,9,11,14H2,1-3H3,(H3,24,25)(H,27,28). The molecule has 1 amide bonds. The van der Waals surface area contributed by atoms with Gasteiger partial charge >= 0.3 is 0 Å². The molecule has 0 aliphatic carbocycles. The number of hydrogen-bond donors (Lipinski definition) is 3. The molecule has 1 aromatic carbocycles. The van der Waals surface area contributed by atoms with Gasteiger partial charge in [0.15, 0.2) is 15.6 Å². The monoisotopic (exact) mass is 470 g/mol. The number of nitrogens with zero attached hydrogens (tertiary/aromatic N) is 1. The Morgan fingerprint density at radius 3 is 2.76 bits per heavy atom. The Morgan fingerprint density at radius 2 is 2.12 bits per heavy atom. The SMILES string of the molecule is CC#COc1ccc(C(=O)Nc2ccc3c(c2)C(CS(=O)(=O)C(C)(C)C(=N)N)CCO3)nc1. The van der Waals surface area contributed by atoms with Crippen LogP contribution in [0.15, 0.2) is 36.5 Å². The van der Waals surface area contributed by atoms with Crippen molar-refractivity contribution < 1.29 is 22.7 Å². The Balaban J connectivity index is 1.80. The summed E-state index contributed by atoms with van der Waals surface area (Å²) in [6, 6.07) is 8.20. The lowest BCUT2D eigenvalue weighted by molar-refractivity contribution is 0.102. The molecule has 0 fully saturated rings. The molecule has 1 aliphatic rings. The van der Waals surface area contributed by atoms with Crippen molar-refractivity contribution in [2.75, 3.05) is 17.7 Å². The second kappa shape index (κ2) is 9.50. The van der Waals surface area contributed by atoms with Crippen LogP contribution in [0.3, 0.4) is 0 Å². The van der Waals surface area contributed by atoms with E-state index >= 15 is 0 Å². The largest absolute Gasteiger partial charge is 0.493 e. The highest BCUT2D eigenvalue weighted by atomic mass is 32.2. The fourth-order valence-corrected chi connectivity index (χ4v) is 4.86. The average molecular weight is 471 g/mol. The smallest absolute Gasteiger partial charge is 0.274 e. The van der Waals surface area contributed by atoms with Crippen LogP contribution in [0.5, 0.6) is 11.5 Å². The maximum absolute atomic E-state index is 13.0. The lowest BCUT2D eigenvalue weighted by Gasteiger charge is -2.30. The predicted molar refractivity (Wildman–Crippen MR) is 125 cm³/mol. The van der Waals surface area contributed by atoms with Crippen molar-refractivity contribution in [2.24, 2.45) is 5.73 Å². The first-order chi connectivity index (χ1) is 15.5. The summed E-state index contributed by atoms with van der Waals surface area (Å²) in [5.74, 6) is 2.21. The van der Waals surface area contributed by atoms with Gasteiger partial charge in [0.25, 0.3) is 5.91 Å². The molecule has 2 aromatic rings. The third kappa shape index (κ3) is 5.26. The Bertz CT molecular complexity index is 1230. The van der Waals surface area contributed by atoms with Crippen molar-refractivity contribution in [2.45, 2.75) is 37.9 Å². The topological polar surface area (TPSA) is 144 Å². The van der Waals surface area contributed by atoms with Gasteiger partial charge in [0.1, 0.15) is 28.1 Å². The number of nitrogens with two attached hydrogens (primary N) is 1. The maximum atomic E-state index is 13.0. The zero-order valence-corrected chi connectivity index (χ0v) is 19.5. The summed E-state index contributed by atoms with van der Waals surface area (Å²) in [4.78, 5) is 16.7. The number of rotatable bonds is 7. The fraction of sp³-hybridized carbons (Fsp3) is 0.348. The van der Waals surface area contributed by atoms with E-state index in [1.54, 1.807) is 31.2 Å². The van der Waals surface area contributed by atoms with Crippen LogP contribution >= 0.6 is 0 Å². The minimum atomic E-state index is -3.72. The van der Waals surface area contributed by atoms with Crippen molar-refractivity contribution in [3.8, 4) is 23.5 Å². The summed E-state index contributed by atoms with van der Waals surface area (Å²) in [7, 11) is -3.72. The van der Waals surface area contributed by atoms with Crippen molar-refractivity contribution in [1.82, 2.24) is 4.98 Å². The Morgan fingerprint density at radius 1 is 1.36 bits per heavy atom. The molecule has 0 bridgehead atoms. The van der Waals surface area contributed by atoms with Gasteiger partial charge in [-0.2, -0.15) is 0 Å². The van der Waals surface area contributed by atoms with E-state index in [4.69, 9.17) is 20.6 Å². The summed E-state index contributed by atoms with van der Waals surface area (Å²) >= 11 is 0. The van der Waals surface area contributed by atoms with E-state index in [2.05, 4.69) is 22.3 Å². The van der Waals surface area contributed by atoms with Crippen LogP contribution in [0.4, 0.5) is 5.69 Å². The lowest BCUT2D eigenvalue weighted by atomic mass is 9.94. The molecule has 0 saturated carbocycles. The Kier molecular flexibility index (Phi) is 6.93. The number of fused-ring (bicyclic) bond motifs is 1. The van der Waals surface area contributed by atoms with E-state index in [1.807, 2.05) is 0 Å². The zero-order chi connectivity index (χ0) is 24.2. The second-order valence-electron chi connectivity index (χ2n) is 8.08. The number of aromatic nitrogens is 1. The average Bonchev–Trinajstić information content (AvgIpc) is 2.78. The number of nitrogens with one attached hydrogen (secondary N) is 2. The number of sulfone groups is 1. The molecule has 4 N–H and O–H groups in total. The number of amidine groups is 1. The lowest BCUT2D eigenvalue weighted by Crippen LogP contribution is -2.47. The molecule has 1 aromatic heterocycles. The summed E-state index contributed by atoms with van der Waals surface area (Å²) in [5, 5.41) is 10.4. The Labute approximate surface area is 193 Å². The molecule has 0 saturated heterocycles. The van der Waals surface area contributed by atoms with Crippen molar-refractivity contribution in [3.63, 3.8) is 0 Å². The first-order valence-electron chi connectivity index (χ1n) is 10.2. The highest BCUT2D eigenvalue weighted by molar-refractivity contribution is 7.93. The van der Waals surface area contributed by atoms with E-state index in [9.17, 15) is 13.2 Å². The van der Waals surface area contributed by atoms with Crippen LogP contribution in [-0.2, 0) is 9.84 Å². The number of carbonyl (C=O) groups excluding carboxylic acids is 1. The third-order valence-electron chi connectivity index (χ3n) is 5.52. The molecule has 2 heterocycles. The van der Waals surface area contributed by atoms with Crippen LogP contribution in [0.25, 0.3) is 0 Å². The number of pyridine rings is 1. The number of anilines is 1. The number of carbonyl (C=O) groups is 1. The highest BCUT2D eigenvalue weighted by Gasteiger charge is 2.40. The van der Waals surface area contributed by atoms with Gasteiger partial charge in [-0.1, -0.05) is 5.92 Å². The summed E-state index contributed by atoms with van der Waals surface area (Å²) in [6.45, 7) is 4.88. The van der Waals surface area contributed by atoms with Gasteiger partial charge in [-0.05, 0) is 50.6 Å². The molecule has 0 spiro atoms. The molecule has 9 nitrogen and oxygen atoms in total. The van der Waals surface area contributed by atoms with Crippen LogP contribution in [0.1, 0.15) is 49.2 Å². The van der Waals surface area contributed by atoms with E-state index in [0.29, 0.717) is 35.8 Å². The van der Waals surface area contributed by atoms with Crippen LogP contribution in [0.2, 0.25) is 0 Å². The van der Waals surface area contributed by atoms with Gasteiger partial charge < -0.3 is 20.5 Å². The highest BCUT2D eigenvalue weighted by Crippen LogP contribution is 2.38. The van der Waals surface area contributed by atoms with Gasteiger partial charge in [0.2, 0.25) is 0 Å². The van der Waals surface area contributed by atoms with E-state index < -0.39 is 26.3 Å². The van der Waals surface area contributed by atoms with Gasteiger partial charge in [-0.3, -0.25) is 10.2 Å². The Hall–Kier alpha value is -3.58. The fourth-order valence-electron chi connectivity index (χ4n) is 3.24. The molecule has 10 heteroatoms. The van der Waals surface area contributed by atoms with E-state index in [1.165, 1.54) is 26.1 Å². The van der Waals surface area contributed by atoms with E-state index in [0.717, 1.165) is 0 Å². The molecule has 1 aliphatic heterocycles. The molecule has 33 heavy (non-hydrogen) atoms. The second-order valence-corrected chi connectivity index (χ2v) is 10.7. The first kappa shape index (κ1) is 24.1. The minimum Gasteiger partial charge on any atom is -0.493 e. The van der Waals surface area contributed by atoms with Gasteiger partial charge in [0.05, 0.1) is 18.6 Å². The summed E-state index contributed by atoms with van der Waals surface area (Å²) in [5.41, 5.74) is 6.88. The van der Waals surface area contributed by atoms with Crippen molar-refractivity contribution in [1.29, 1.82) is 5.41 Å². The molecule has 174 valence electrons. The van der Waals surface area contributed by atoms with Crippen molar-refractivity contribution in [3.05, 3.63) is 47.8 Å². The molecule has 1 atom stereocenters. The zero-order valence-electron chi connectivity index (χ0n) is 18.6. The number of benzene rings is 1. The molecular weight excluding hydrogens is 444 g/mol. The van der Waals surface area contributed by atoms with Crippen LogP contribution in [0, 0.1) is 17.4 Å². The van der Waals surface area contributed by atoms with Crippen LogP contribution in [-0.4, -0.2) is 42.3 Å². The third-order valence-corrected chi connectivity index (χ3v) is 8.13. The molecule has 3 rings (SSSR count). The maximum Gasteiger partial charge on any atom is 0.274 e. The molecule has 0 radical (unpaired) electrons. The predicted octanol–water partition coefficient (Wildman–Crippen LogP) is 2.69. The summed E-state index contributed by atoms with van der Waals surface area (Å²) in [6.07, 6.45) is 4.34. The quantitative estimate of drug-likeness (QED) is 0.320. The molecular formula is C23H26N4O5S. The minimum absolute atomic E-state index is 0.183. The number of hydrogen-bond acceptors (Lipinski definition) is 7. The van der Waals surface area contributed by atoms with Crippen LogP contribution < -0.4 is 20.5 Å². The number of amides is 1. The van der Waals surface area contributed by atoms with Crippen molar-refractivity contribution >= 4 is 27.3 Å². The van der Waals surface area contributed by atoms with Gasteiger partial charge in [0, 0.05) is 24.1 Å². The normalized spacial score (nSPS) is 15.3. The first-order valence-corrected chi connectivity index (χ1v) is 11.9.